The molecule has 1 aromatic carbocycles. The lowest BCUT2D eigenvalue weighted by Gasteiger charge is -2.05. The minimum atomic E-state index is 0.791. The van der Waals surface area contributed by atoms with Crippen LogP contribution in [0.15, 0.2) is 22.7 Å². The van der Waals surface area contributed by atoms with Crippen LogP contribution in [0.4, 0.5) is 0 Å². The summed E-state index contributed by atoms with van der Waals surface area (Å²) in [6, 6.07) is 8.60. The van der Waals surface area contributed by atoms with Crippen molar-refractivity contribution in [2.45, 2.75) is 19.8 Å². The molecule has 0 aliphatic carbocycles. The molecule has 65 valence electrons. The van der Waals surface area contributed by atoms with E-state index in [1.165, 1.54) is 0 Å². The van der Waals surface area contributed by atoms with E-state index in [0.717, 1.165) is 29.7 Å². The SMILES string of the molecule is CCCCOc1cc[c]cc1Br. The second-order valence-electron chi connectivity index (χ2n) is 2.56. The summed E-state index contributed by atoms with van der Waals surface area (Å²) in [5, 5.41) is 0. The van der Waals surface area contributed by atoms with Gasteiger partial charge in [-0.05, 0) is 40.5 Å². The third-order valence-electron chi connectivity index (χ3n) is 1.53. The van der Waals surface area contributed by atoms with E-state index in [2.05, 4.69) is 28.9 Å². The fourth-order valence-electron chi connectivity index (χ4n) is 0.839. The van der Waals surface area contributed by atoms with Gasteiger partial charge in [-0.15, -0.1) is 0 Å². The van der Waals surface area contributed by atoms with Gasteiger partial charge in [0, 0.05) is 0 Å². The van der Waals surface area contributed by atoms with Crippen molar-refractivity contribution in [1.29, 1.82) is 0 Å². The first kappa shape index (κ1) is 9.59. The van der Waals surface area contributed by atoms with Gasteiger partial charge in [-0.25, -0.2) is 0 Å². The zero-order valence-corrected chi connectivity index (χ0v) is 8.73. The first-order valence-electron chi connectivity index (χ1n) is 4.13. The van der Waals surface area contributed by atoms with Crippen molar-refractivity contribution in [3.63, 3.8) is 0 Å². The van der Waals surface area contributed by atoms with Crippen molar-refractivity contribution in [1.82, 2.24) is 0 Å². The topological polar surface area (TPSA) is 9.23 Å². The first-order chi connectivity index (χ1) is 5.84. The third kappa shape index (κ3) is 2.86. The molecule has 1 aromatic rings. The Labute approximate surface area is 81.9 Å². The van der Waals surface area contributed by atoms with Crippen LogP contribution in [0, 0.1) is 6.07 Å². The Morgan fingerprint density at radius 2 is 2.42 bits per heavy atom. The van der Waals surface area contributed by atoms with Crippen molar-refractivity contribution in [3.8, 4) is 5.75 Å². The van der Waals surface area contributed by atoms with Gasteiger partial charge in [0.05, 0.1) is 11.1 Å². The molecule has 0 N–H and O–H groups in total. The van der Waals surface area contributed by atoms with Crippen molar-refractivity contribution < 1.29 is 4.74 Å². The molecule has 0 saturated heterocycles. The molecule has 0 saturated carbocycles. The molecular weight excluding hydrogens is 216 g/mol. The average Bonchev–Trinajstić information content (AvgIpc) is 2.09. The number of rotatable bonds is 4. The summed E-state index contributed by atoms with van der Waals surface area (Å²) in [6.45, 7) is 2.94. The lowest BCUT2D eigenvalue weighted by Crippen LogP contribution is -1.96. The number of ether oxygens (including phenoxy) is 1. The van der Waals surface area contributed by atoms with Gasteiger partial charge in [0.25, 0.3) is 0 Å². The average molecular weight is 228 g/mol. The molecule has 1 nitrogen and oxygen atoms in total. The third-order valence-corrected chi connectivity index (χ3v) is 2.15. The summed E-state index contributed by atoms with van der Waals surface area (Å²) in [5.41, 5.74) is 0. The van der Waals surface area contributed by atoms with Gasteiger partial charge in [0.2, 0.25) is 0 Å². The minimum Gasteiger partial charge on any atom is -0.492 e. The van der Waals surface area contributed by atoms with Crippen LogP contribution in [0.1, 0.15) is 19.8 Å². The summed E-state index contributed by atoms with van der Waals surface area (Å²) in [6.07, 6.45) is 2.27. The van der Waals surface area contributed by atoms with E-state index < -0.39 is 0 Å². The van der Waals surface area contributed by atoms with E-state index in [1.54, 1.807) is 0 Å². The predicted molar refractivity (Wildman–Crippen MR) is 53.4 cm³/mol. The van der Waals surface area contributed by atoms with Gasteiger partial charge in [-0.1, -0.05) is 19.4 Å². The number of benzene rings is 1. The standard InChI is InChI=1S/C10H12BrO/c1-2-3-8-12-10-7-5-4-6-9(10)11/h5-7H,2-3,8H2,1H3. The van der Waals surface area contributed by atoms with Crippen molar-refractivity contribution in [2.75, 3.05) is 6.61 Å². The monoisotopic (exact) mass is 227 g/mol. The highest BCUT2D eigenvalue weighted by Crippen LogP contribution is 2.23. The van der Waals surface area contributed by atoms with Crippen LogP contribution in [0.3, 0.4) is 0 Å². The Bertz CT molecular complexity index is 235. The molecule has 0 aliphatic heterocycles. The molecule has 1 rings (SSSR count). The van der Waals surface area contributed by atoms with Crippen molar-refractivity contribution in [3.05, 3.63) is 28.7 Å². The number of halogens is 1. The van der Waals surface area contributed by atoms with E-state index in [9.17, 15) is 0 Å². The fourth-order valence-corrected chi connectivity index (χ4v) is 1.22. The first-order valence-corrected chi connectivity index (χ1v) is 4.92. The fraction of sp³-hybridized carbons (Fsp3) is 0.400. The summed E-state index contributed by atoms with van der Waals surface area (Å²) in [4.78, 5) is 0. The van der Waals surface area contributed by atoms with Crippen LogP contribution in [-0.4, -0.2) is 6.61 Å². The van der Waals surface area contributed by atoms with Crippen molar-refractivity contribution >= 4 is 15.9 Å². The molecule has 0 aliphatic rings. The Balaban J connectivity index is 2.46. The van der Waals surface area contributed by atoms with Gasteiger partial charge < -0.3 is 4.74 Å². The molecule has 0 amide bonds. The molecule has 0 aromatic heterocycles. The van der Waals surface area contributed by atoms with Crippen LogP contribution in [0.25, 0.3) is 0 Å². The molecule has 0 unspecified atom stereocenters. The summed E-state index contributed by atoms with van der Waals surface area (Å²) >= 11 is 3.39. The number of hydrogen-bond acceptors (Lipinski definition) is 1. The molecule has 12 heavy (non-hydrogen) atoms. The quantitative estimate of drug-likeness (QED) is 0.717. The molecule has 1 radical (unpaired) electrons. The zero-order valence-electron chi connectivity index (χ0n) is 7.14. The Morgan fingerprint density at radius 1 is 1.58 bits per heavy atom. The lowest BCUT2D eigenvalue weighted by molar-refractivity contribution is 0.307. The van der Waals surface area contributed by atoms with Crippen LogP contribution in [0.2, 0.25) is 0 Å². The van der Waals surface area contributed by atoms with Gasteiger partial charge in [0.15, 0.2) is 0 Å². The highest BCUT2D eigenvalue weighted by atomic mass is 79.9. The van der Waals surface area contributed by atoms with Crippen molar-refractivity contribution in [2.24, 2.45) is 0 Å². The van der Waals surface area contributed by atoms with E-state index >= 15 is 0 Å². The highest BCUT2D eigenvalue weighted by Gasteiger charge is 1.97. The molecular formula is C10H12BrO. The number of unbranched alkanes of at least 4 members (excludes halogenated alkanes) is 1. The summed E-state index contributed by atoms with van der Waals surface area (Å²) in [7, 11) is 0. The smallest absolute Gasteiger partial charge is 0.133 e. The maximum atomic E-state index is 5.51. The predicted octanol–water partition coefficient (Wildman–Crippen LogP) is 3.43. The highest BCUT2D eigenvalue weighted by molar-refractivity contribution is 9.10. The molecule has 0 bridgehead atoms. The van der Waals surface area contributed by atoms with Crippen LogP contribution in [-0.2, 0) is 0 Å². The summed E-state index contributed by atoms with van der Waals surface area (Å²) in [5.74, 6) is 0.905. The van der Waals surface area contributed by atoms with E-state index in [1.807, 2.05) is 18.2 Å². The molecule has 0 spiro atoms. The van der Waals surface area contributed by atoms with E-state index in [-0.39, 0.29) is 0 Å². The normalized spacial score (nSPS) is 9.83. The molecule has 0 fully saturated rings. The minimum absolute atomic E-state index is 0.791. The molecule has 2 heteroatoms. The second-order valence-corrected chi connectivity index (χ2v) is 3.41. The van der Waals surface area contributed by atoms with Gasteiger partial charge >= 0.3 is 0 Å². The maximum Gasteiger partial charge on any atom is 0.133 e. The second kappa shape index (κ2) is 5.20. The Morgan fingerprint density at radius 3 is 3.08 bits per heavy atom. The van der Waals surface area contributed by atoms with E-state index in [4.69, 9.17) is 4.74 Å². The van der Waals surface area contributed by atoms with Gasteiger partial charge in [-0.2, -0.15) is 0 Å². The lowest BCUT2D eigenvalue weighted by atomic mass is 10.3. The summed E-state index contributed by atoms with van der Waals surface area (Å²) < 4.78 is 6.48. The molecule has 0 atom stereocenters. The largest absolute Gasteiger partial charge is 0.492 e. The van der Waals surface area contributed by atoms with Gasteiger partial charge in [-0.3, -0.25) is 0 Å². The zero-order chi connectivity index (χ0) is 8.81. The van der Waals surface area contributed by atoms with Crippen LogP contribution < -0.4 is 4.74 Å². The Hall–Kier alpha value is -0.500. The van der Waals surface area contributed by atoms with Crippen LogP contribution in [0.5, 0.6) is 5.75 Å². The van der Waals surface area contributed by atoms with Gasteiger partial charge in [0.1, 0.15) is 5.75 Å². The van der Waals surface area contributed by atoms with E-state index in [0.29, 0.717) is 0 Å². The Kier molecular flexibility index (Phi) is 4.15. The maximum absolute atomic E-state index is 5.51. The molecule has 0 heterocycles. The number of hydrogen-bond donors (Lipinski definition) is 0. The van der Waals surface area contributed by atoms with Crippen LogP contribution >= 0.6 is 15.9 Å².